The fourth-order valence-corrected chi connectivity index (χ4v) is 12.5. The molecule has 7 rings (SSSR count). The number of benzene rings is 1. The van der Waals surface area contributed by atoms with Crippen molar-refractivity contribution in [1.29, 1.82) is 0 Å². The van der Waals surface area contributed by atoms with Gasteiger partial charge < -0.3 is 9.84 Å². The van der Waals surface area contributed by atoms with E-state index in [9.17, 15) is 9.90 Å². The zero-order chi connectivity index (χ0) is 32.9. The molecule has 0 unspecified atom stereocenters. The molecule has 46 heavy (non-hydrogen) atoms. The van der Waals surface area contributed by atoms with Gasteiger partial charge in [-0.2, -0.15) is 0 Å². The van der Waals surface area contributed by atoms with Gasteiger partial charge in [0.2, 0.25) is 0 Å². The highest BCUT2D eigenvalue weighted by molar-refractivity contribution is 9.10. The molecule has 6 nitrogen and oxygen atoms in total. The van der Waals surface area contributed by atoms with Crippen LogP contribution in [0.1, 0.15) is 118 Å². The minimum absolute atomic E-state index is 0.0441. The highest BCUT2D eigenvalue weighted by Crippen LogP contribution is 2.75. The van der Waals surface area contributed by atoms with Crippen LogP contribution in [0.2, 0.25) is 0 Å². The van der Waals surface area contributed by atoms with Gasteiger partial charge in [0.25, 0.3) is 0 Å². The summed E-state index contributed by atoms with van der Waals surface area (Å²) in [5.41, 5.74) is 3.20. The third-order valence-electron chi connectivity index (χ3n) is 15.0. The van der Waals surface area contributed by atoms with Crippen LogP contribution in [0.5, 0.6) is 0 Å². The molecule has 4 saturated carbocycles. The third kappa shape index (κ3) is 4.59. The summed E-state index contributed by atoms with van der Waals surface area (Å²) in [6, 6.07) is 7.90. The lowest BCUT2D eigenvalue weighted by Crippen LogP contribution is -2.65. The SMILES string of the molecule is CC1(C)CC[C@]2(C(=O)OCc3cn(-c4ccccc4Br)nn3)CC[C@]3(C)C(=CC[C@@H]4[C@@]5(C)CC[C@H](O)C(C)(C)[C@@H]5CC[C@]43C)[C@@H]2C1. The van der Waals surface area contributed by atoms with Gasteiger partial charge in [-0.25, -0.2) is 4.68 Å². The van der Waals surface area contributed by atoms with Crippen LogP contribution in [0.3, 0.4) is 0 Å². The fraction of sp³-hybridized carbons (Fsp3) is 0.718. The van der Waals surface area contributed by atoms with Crippen LogP contribution >= 0.6 is 15.9 Å². The molecule has 0 amide bonds. The van der Waals surface area contributed by atoms with Crippen molar-refractivity contribution in [2.45, 2.75) is 125 Å². The number of aliphatic hydroxyl groups is 1. The summed E-state index contributed by atoms with van der Waals surface area (Å²) in [5.74, 6) is 1.28. The summed E-state index contributed by atoms with van der Waals surface area (Å²) in [6.07, 6.45) is 14.6. The number of allylic oxidation sites excluding steroid dienone is 2. The minimum atomic E-state index is -0.486. The molecule has 8 atom stereocenters. The number of hydrogen-bond donors (Lipinski definition) is 1. The Kier molecular flexibility index (Phi) is 7.61. The molecule has 0 aliphatic heterocycles. The van der Waals surface area contributed by atoms with Crippen molar-refractivity contribution in [2.24, 2.45) is 50.2 Å². The van der Waals surface area contributed by atoms with Gasteiger partial charge >= 0.3 is 5.97 Å². The average molecular weight is 693 g/mol. The maximum absolute atomic E-state index is 14.4. The van der Waals surface area contributed by atoms with E-state index in [1.165, 1.54) is 12.8 Å². The Morgan fingerprint density at radius 3 is 2.48 bits per heavy atom. The Labute approximate surface area is 284 Å². The zero-order valence-corrected chi connectivity index (χ0v) is 30.6. The van der Waals surface area contributed by atoms with E-state index in [0.717, 1.165) is 61.5 Å². The van der Waals surface area contributed by atoms with Gasteiger partial charge in [-0.1, -0.05) is 77.5 Å². The molecule has 7 heteroatoms. The van der Waals surface area contributed by atoms with E-state index in [-0.39, 0.29) is 51.7 Å². The molecule has 0 saturated heterocycles. The van der Waals surface area contributed by atoms with Crippen molar-refractivity contribution in [3.8, 4) is 5.69 Å². The lowest BCUT2D eigenvalue weighted by Gasteiger charge is -2.71. The number of esters is 1. The van der Waals surface area contributed by atoms with Gasteiger partial charge in [0.05, 0.1) is 23.4 Å². The van der Waals surface area contributed by atoms with Gasteiger partial charge in [-0.05, 0) is 137 Å². The number of fused-ring (bicyclic) bond motifs is 7. The smallest absolute Gasteiger partial charge is 0.313 e. The summed E-state index contributed by atoms with van der Waals surface area (Å²) in [6.45, 7) is 17.3. The van der Waals surface area contributed by atoms with Crippen LogP contribution in [0, 0.1) is 50.2 Å². The highest BCUT2D eigenvalue weighted by atomic mass is 79.9. The number of hydrogen-bond acceptors (Lipinski definition) is 5. The molecule has 0 radical (unpaired) electrons. The first-order chi connectivity index (χ1) is 21.6. The Morgan fingerprint density at radius 2 is 1.72 bits per heavy atom. The second-order valence-electron chi connectivity index (χ2n) is 17.9. The van der Waals surface area contributed by atoms with Gasteiger partial charge in [0.15, 0.2) is 0 Å². The number of rotatable bonds is 4. The van der Waals surface area contributed by atoms with Gasteiger partial charge in [-0.3, -0.25) is 4.79 Å². The Balaban J connectivity index is 1.18. The zero-order valence-electron chi connectivity index (χ0n) is 29.0. The molecule has 1 aromatic heterocycles. The molecule has 4 fully saturated rings. The van der Waals surface area contributed by atoms with Crippen molar-refractivity contribution < 1.29 is 14.6 Å². The first-order valence-corrected chi connectivity index (χ1v) is 18.6. The number of carbonyl (C=O) groups excluding carboxylic acids is 1. The summed E-state index contributed by atoms with van der Waals surface area (Å²) in [7, 11) is 0. The van der Waals surface area contributed by atoms with E-state index in [4.69, 9.17) is 4.74 Å². The van der Waals surface area contributed by atoms with E-state index in [1.807, 2.05) is 30.5 Å². The van der Waals surface area contributed by atoms with Crippen molar-refractivity contribution in [2.75, 3.05) is 0 Å². The lowest BCUT2D eigenvalue weighted by molar-refractivity contribution is -0.206. The number of halogens is 1. The normalized spacial score (nSPS) is 40.8. The number of carbonyl (C=O) groups is 1. The van der Waals surface area contributed by atoms with Crippen LogP contribution in [0.25, 0.3) is 5.69 Å². The molecule has 5 aliphatic rings. The number of aliphatic hydroxyl groups excluding tert-OH is 1. The summed E-state index contributed by atoms with van der Waals surface area (Å²) < 4.78 is 8.89. The molecule has 0 bridgehead atoms. The first kappa shape index (κ1) is 32.6. The van der Waals surface area contributed by atoms with Gasteiger partial charge in [0.1, 0.15) is 12.3 Å². The number of nitrogens with zero attached hydrogens (tertiary/aromatic N) is 3. The van der Waals surface area contributed by atoms with Crippen molar-refractivity contribution in [3.63, 3.8) is 0 Å². The maximum Gasteiger partial charge on any atom is 0.313 e. The first-order valence-electron chi connectivity index (χ1n) is 17.8. The maximum atomic E-state index is 14.4. The van der Waals surface area contributed by atoms with Gasteiger partial charge in [-0.15, -0.1) is 5.10 Å². The molecule has 5 aliphatic carbocycles. The molecule has 0 spiro atoms. The van der Waals surface area contributed by atoms with Crippen LogP contribution < -0.4 is 0 Å². The molecular formula is C39H54BrN3O3. The van der Waals surface area contributed by atoms with Crippen molar-refractivity contribution >= 4 is 21.9 Å². The quantitative estimate of drug-likeness (QED) is 0.256. The fourth-order valence-electron chi connectivity index (χ4n) is 12.0. The predicted octanol–water partition coefficient (Wildman–Crippen LogP) is 9.24. The number of ether oxygens (including phenoxy) is 1. The molecular weight excluding hydrogens is 638 g/mol. The summed E-state index contributed by atoms with van der Waals surface area (Å²) in [4.78, 5) is 14.4. The van der Waals surface area contributed by atoms with E-state index in [1.54, 1.807) is 10.3 Å². The number of para-hydroxylation sites is 1. The van der Waals surface area contributed by atoms with Crippen molar-refractivity contribution in [3.05, 3.63) is 52.3 Å². The standard InChI is InChI=1S/C39H54BrN3O3/c1-34(2)18-20-39(33(45)46-24-25-23-43(42-41-25)29-11-9-8-10-28(29)40)21-19-37(6)26(27(39)22-34)12-13-31-36(5)16-15-32(44)35(3,4)30(36)14-17-38(31,37)7/h8-12,23,27,30-32,44H,13-22,24H2,1-7H3/t27-,30-,31+,32-,36-,37+,38+,39-/m0/s1. The molecule has 1 aromatic carbocycles. The summed E-state index contributed by atoms with van der Waals surface area (Å²) >= 11 is 3.60. The molecule has 1 heterocycles. The predicted molar refractivity (Wildman–Crippen MR) is 184 cm³/mol. The topological polar surface area (TPSA) is 77.2 Å². The van der Waals surface area contributed by atoms with E-state index in [2.05, 4.69) is 80.8 Å². The Bertz CT molecular complexity index is 1560. The minimum Gasteiger partial charge on any atom is -0.459 e. The second kappa shape index (κ2) is 10.8. The second-order valence-corrected chi connectivity index (χ2v) is 18.8. The van der Waals surface area contributed by atoms with Crippen LogP contribution in [-0.2, 0) is 16.1 Å². The Hall–Kier alpha value is -1.99. The average Bonchev–Trinajstić information content (AvgIpc) is 3.47. The van der Waals surface area contributed by atoms with Crippen LogP contribution in [0.4, 0.5) is 0 Å². The van der Waals surface area contributed by atoms with Gasteiger partial charge in [0, 0.05) is 4.47 Å². The van der Waals surface area contributed by atoms with E-state index in [0.29, 0.717) is 17.5 Å². The van der Waals surface area contributed by atoms with Crippen LogP contribution in [0.15, 0.2) is 46.6 Å². The molecule has 2 aromatic rings. The third-order valence-corrected chi connectivity index (χ3v) is 15.7. The monoisotopic (exact) mass is 691 g/mol. The molecule has 250 valence electrons. The largest absolute Gasteiger partial charge is 0.459 e. The van der Waals surface area contributed by atoms with E-state index >= 15 is 0 Å². The van der Waals surface area contributed by atoms with Crippen LogP contribution in [-0.4, -0.2) is 32.2 Å². The van der Waals surface area contributed by atoms with E-state index < -0.39 is 5.41 Å². The lowest BCUT2D eigenvalue weighted by atomic mass is 9.33. The van der Waals surface area contributed by atoms with Crippen molar-refractivity contribution in [1.82, 2.24) is 15.0 Å². The summed E-state index contributed by atoms with van der Waals surface area (Å²) in [5, 5.41) is 19.7. The Morgan fingerprint density at radius 1 is 0.978 bits per heavy atom. The number of aromatic nitrogens is 3. The molecule has 1 N–H and O–H groups in total. The highest BCUT2D eigenvalue weighted by Gasteiger charge is 2.69.